The molecule has 5 heteroatoms. The van der Waals surface area contributed by atoms with Gasteiger partial charge >= 0.3 is 5.69 Å². The second kappa shape index (κ2) is 3.78. The van der Waals surface area contributed by atoms with Gasteiger partial charge in [0.1, 0.15) is 6.73 Å². The number of anilines is 1. The van der Waals surface area contributed by atoms with Crippen LogP contribution in [-0.2, 0) is 4.74 Å². The Labute approximate surface area is 86.7 Å². The van der Waals surface area contributed by atoms with Crippen molar-refractivity contribution in [1.29, 1.82) is 0 Å². The molecule has 0 amide bonds. The van der Waals surface area contributed by atoms with Gasteiger partial charge in [-0.2, -0.15) is 0 Å². The molecular weight excluding hydrogens is 194 g/mol. The van der Waals surface area contributed by atoms with Crippen molar-refractivity contribution in [3.63, 3.8) is 0 Å². The van der Waals surface area contributed by atoms with Gasteiger partial charge in [-0.05, 0) is 18.2 Å². The number of aromatic amines is 2. The molecule has 2 N–H and O–H groups in total. The molecule has 2 aromatic rings. The number of rotatable bonds is 3. The van der Waals surface area contributed by atoms with Gasteiger partial charge < -0.3 is 19.6 Å². The maximum absolute atomic E-state index is 11.0. The normalized spacial score (nSPS) is 10.8. The number of aromatic nitrogens is 2. The maximum atomic E-state index is 11.0. The average molecular weight is 207 g/mol. The number of fused-ring (bicyclic) bond motifs is 1. The van der Waals surface area contributed by atoms with E-state index in [1.165, 1.54) is 0 Å². The molecule has 1 heterocycles. The first-order chi connectivity index (χ1) is 7.20. The molecule has 1 aromatic carbocycles. The molecule has 0 aliphatic rings. The zero-order valence-electron chi connectivity index (χ0n) is 8.70. The van der Waals surface area contributed by atoms with Crippen molar-refractivity contribution in [2.24, 2.45) is 0 Å². The monoisotopic (exact) mass is 207 g/mol. The zero-order chi connectivity index (χ0) is 10.8. The lowest BCUT2D eigenvalue weighted by Gasteiger charge is -2.17. The third-order valence-corrected chi connectivity index (χ3v) is 2.26. The molecule has 15 heavy (non-hydrogen) atoms. The van der Waals surface area contributed by atoms with Crippen molar-refractivity contribution in [1.82, 2.24) is 9.97 Å². The lowest BCUT2D eigenvalue weighted by Crippen LogP contribution is -2.19. The lowest BCUT2D eigenvalue weighted by atomic mass is 10.2. The van der Waals surface area contributed by atoms with E-state index in [1.54, 1.807) is 7.11 Å². The van der Waals surface area contributed by atoms with E-state index < -0.39 is 0 Å². The molecule has 0 aliphatic heterocycles. The first-order valence-corrected chi connectivity index (χ1v) is 4.63. The van der Waals surface area contributed by atoms with E-state index in [2.05, 4.69) is 9.97 Å². The molecule has 0 aliphatic carbocycles. The number of hydrogen-bond acceptors (Lipinski definition) is 3. The van der Waals surface area contributed by atoms with Crippen LogP contribution in [0.2, 0.25) is 0 Å². The van der Waals surface area contributed by atoms with Crippen molar-refractivity contribution < 1.29 is 4.74 Å². The summed E-state index contributed by atoms with van der Waals surface area (Å²) in [4.78, 5) is 18.4. The summed E-state index contributed by atoms with van der Waals surface area (Å²) >= 11 is 0. The molecule has 2 rings (SSSR count). The Morgan fingerprint density at radius 3 is 2.80 bits per heavy atom. The smallest absolute Gasteiger partial charge is 0.323 e. The summed E-state index contributed by atoms with van der Waals surface area (Å²) in [5, 5.41) is 0. The fraction of sp³-hybridized carbons (Fsp3) is 0.300. The van der Waals surface area contributed by atoms with Crippen LogP contribution >= 0.6 is 0 Å². The van der Waals surface area contributed by atoms with E-state index in [9.17, 15) is 4.79 Å². The first kappa shape index (κ1) is 9.79. The Bertz CT molecular complexity index is 515. The predicted molar refractivity (Wildman–Crippen MR) is 59.2 cm³/mol. The molecule has 1 aromatic heterocycles. The Morgan fingerprint density at radius 2 is 2.07 bits per heavy atom. The molecule has 0 bridgehead atoms. The van der Waals surface area contributed by atoms with Gasteiger partial charge in [0, 0.05) is 19.8 Å². The van der Waals surface area contributed by atoms with Crippen LogP contribution < -0.4 is 10.6 Å². The van der Waals surface area contributed by atoms with Gasteiger partial charge in [0.2, 0.25) is 0 Å². The Hall–Kier alpha value is -1.75. The molecule has 5 nitrogen and oxygen atoms in total. The molecule has 0 unspecified atom stereocenters. The van der Waals surface area contributed by atoms with Crippen LogP contribution in [-0.4, -0.2) is 30.9 Å². The molecule has 0 saturated heterocycles. The SMILES string of the molecule is COCN(C)c1ccc2[nH]c(=O)[nH]c2c1. The van der Waals surface area contributed by atoms with Crippen LogP contribution in [0.4, 0.5) is 5.69 Å². The van der Waals surface area contributed by atoms with Gasteiger partial charge in [-0.25, -0.2) is 4.79 Å². The number of imidazole rings is 1. The van der Waals surface area contributed by atoms with Crippen molar-refractivity contribution in [2.45, 2.75) is 0 Å². The highest BCUT2D eigenvalue weighted by molar-refractivity contribution is 5.78. The third kappa shape index (κ3) is 1.87. The number of methoxy groups -OCH3 is 1. The topological polar surface area (TPSA) is 61.1 Å². The zero-order valence-corrected chi connectivity index (χ0v) is 8.70. The lowest BCUT2D eigenvalue weighted by molar-refractivity contribution is 0.202. The number of H-pyrrole nitrogens is 2. The van der Waals surface area contributed by atoms with Gasteiger partial charge in [-0.1, -0.05) is 0 Å². The highest BCUT2D eigenvalue weighted by Gasteiger charge is 2.03. The van der Waals surface area contributed by atoms with Gasteiger partial charge in [0.15, 0.2) is 0 Å². The standard InChI is InChI=1S/C10H13N3O2/c1-13(6-15-2)7-3-4-8-9(5-7)12-10(14)11-8/h3-5H,6H2,1-2H3,(H2,11,12,14). The molecule has 0 fully saturated rings. The minimum atomic E-state index is -0.184. The van der Waals surface area contributed by atoms with E-state index in [0.29, 0.717) is 6.73 Å². The van der Waals surface area contributed by atoms with E-state index in [-0.39, 0.29) is 5.69 Å². The number of benzene rings is 1. The molecule has 0 spiro atoms. The quantitative estimate of drug-likeness (QED) is 0.735. The number of hydrogen-bond donors (Lipinski definition) is 2. The summed E-state index contributed by atoms with van der Waals surface area (Å²) < 4.78 is 5.02. The Balaban J connectivity index is 2.41. The first-order valence-electron chi connectivity index (χ1n) is 4.63. The second-order valence-electron chi connectivity index (χ2n) is 3.42. The van der Waals surface area contributed by atoms with Gasteiger partial charge in [-0.15, -0.1) is 0 Å². The minimum absolute atomic E-state index is 0.184. The summed E-state index contributed by atoms with van der Waals surface area (Å²) in [6.07, 6.45) is 0. The molecule has 0 radical (unpaired) electrons. The van der Waals surface area contributed by atoms with Crippen molar-refractivity contribution >= 4 is 16.7 Å². The highest BCUT2D eigenvalue weighted by atomic mass is 16.5. The summed E-state index contributed by atoms with van der Waals surface area (Å²) in [6, 6.07) is 5.71. The fourth-order valence-electron chi connectivity index (χ4n) is 1.53. The van der Waals surface area contributed by atoms with Crippen LogP contribution in [0, 0.1) is 0 Å². The maximum Gasteiger partial charge on any atom is 0.323 e. The fourth-order valence-corrected chi connectivity index (χ4v) is 1.53. The third-order valence-electron chi connectivity index (χ3n) is 2.26. The number of nitrogens with zero attached hydrogens (tertiary/aromatic N) is 1. The molecular formula is C10H13N3O2. The number of nitrogens with one attached hydrogen (secondary N) is 2. The molecule has 0 saturated carbocycles. The predicted octanol–water partition coefficient (Wildman–Crippen LogP) is 0.896. The van der Waals surface area contributed by atoms with Crippen LogP contribution in [0.5, 0.6) is 0 Å². The number of ether oxygens (including phenoxy) is 1. The van der Waals surface area contributed by atoms with Gasteiger partial charge in [0.05, 0.1) is 11.0 Å². The Morgan fingerprint density at radius 1 is 1.33 bits per heavy atom. The van der Waals surface area contributed by atoms with Gasteiger partial charge in [0.25, 0.3) is 0 Å². The summed E-state index contributed by atoms with van der Waals surface area (Å²) in [7, 11) is 3.57. The molecule has 80 valence electrons. The van der Waals surface area contributed by atoms with Crippen molar-refractivity contribution in [3.8, 4) is 0 Å². The van der Waals surface area contributed by atoms with Crippen LogP contribution in [0.25, 0.3) is 11.0 Å². The second-order valence-corrected chi connectivity index (χ2v) is 3.42. The van der Waals surface area contributed by atoms with E-state index in [0.717, 1.165) is 16.7 Å². The molecule has 0 atom stereocenters. The average Bonchev–Trinajstić information content (AvgIpc) is 2.57. The van der Waals surface area contributed by atoms with E-state index in [4.69, 9.17) is 4.74 Å². The van der Waals surface area contributed by atoms with Crippen LogP contribution in [0.1, 0.15) is 0 Å². The van der Waals surface area contributed by atoms with Crippen molar-refractivity contribution in [3.05, 3.63) is 28.7 Å². The Kier molecular flexibility index (Phi) is 2.47. The highest BCUT2D eigenvalue weighted by Crippen LogP contribution is 2.17. The summed E-state index contributed by atoms with van der Waals surface area (Å²) in [6.45, 7) is 0.514. The van der Waals surface area contributed by atoms with Gasteiger partial charge in [-0.3, -0.25) is 0 Å². The summed E-state index contributed by atoms with van der Waals surface area (Å²) in [5.74, 6) is 0. The minimum Gasteiger partial charge on any atom is -0.364 e. The van der Waals surface area contributed by atoms with Crippen LogP contribution in [0.3, 0.4) is 0 Å². The van der Waals surface area contributed by atoms with Crippen molar-refractivity contribution in [2.75, 3.05) is 25.8 Å². The van der Waals surface area contributed by atoms with Crippen LogP contribution in [0.15, 0.2) is 23.0 Å². The van der Waals surface area contributed by atoms with E-state index in [1.807, 2.05) is 30.1 Å². The summed E-state index contributed by atoms with van der Waals surface area (Å²) in [5.41, 5.74) is 2.44. The van der Waals surface area contributed by atoms with E-state index >= 15 is 0 Å². The largest absolute Gasteiger partial charge is 0.364 e.